The quantitative estimate of drug-likeness (QED) is 0.910. The number of benzene rings is 2. The van der Waals surface area contributed by atoms with Crippen LogP contribution >= 0.6 is 0 Å². The first-order valence-corrected chi connectivity index (χ1v) is 6.99. The number of hydrogen-bond acceptors (Lipinski definition) is 2. The summed E-state index contributed by atoms with van der Waals surface area (Å²) in [5, 5.41) is 0. The highest BCUT2D eigenvalue weighted by molar-refractivity contribution is 5.34. The molecule has 2 N–H and O–H groups in total. The Hall–Kier alpha value is -1.80. The van der Waals surface area contributed by atoms with Gasteiger partial charge in [-0.2, -0.15) is 0 Å². The van der Waals surface area contributed by atoms with Gasteiger partial charge in [0, 0.05) is 0 Å². The lowest BCUT2D eigenvalue weighted by atomic mass is 10.0. The average Bonchev–Trinajstić information content (AvgIpc) is 2.35. The van der Waals surface area contributed by atoms with Crippen molar-refractivity contribution in [3.8, 4) is 5.75 Å². The van der Waals surface area contributed by atoms with E-state index in [1.165, 1.54) is 22.3 Å². The zero-order valence-corrected chi connectivity index (χ0v) is 12.7. The molecule has 2 rings (SSSR count). The number of aryl methyl sites for hydroxylation is 4. The van der Waals surface area contributed by atoms with Gasteiger partial charge in [-0.3, -0.25) is 0 Å². The summed E-state index contributed by atoms with van der Waals surface area (Å²) < 4.78 is 5.84. The Balaban J connectivity index is 2.06. The van der Waals surface area contributed by atoms with Crippen molar-refractivity contribution in [2.75, 3.05) is 6.61 Å². The second-order valence-corrected chi connectivity index (χ2v) is 5.60. The van der Waals surface area contributed by atoms with Gasteiger partial charge in [0.25, 0.3) is 0 Å². The Kier molecular flexibility index (Phi) is 4.46. The molecule has 0 saturated heterocycles. The second kappa shape index (κ2) is 6.10. The molecular weight excluding hydrogens is 246 g/mol. The van der Waals surface area contributed by atoms with Gasteiger partial charge >= 0.3 is 0 Å². The van der Waals surface area contributed by atoms with E-state index in [4.69, 9.17) is 10.5 Å². The van der Waals surface area contributed by atoms with E-state index in [1.54, 1.807) is 0 Å². The van der Waals surface area contributed by atoms with Crippen LogP contribution in [0.4, 0.5) is 0 Å². The fourth-order valence-electron chi connectivity index (χ4n) is 2.53. The highest BCUT2D eigenvalue weighted by atomic mass is 16.5. The summed E-state index contributed by atoms with van der Waals surface area (Å²) >= 11 is 0. The van der Waals surface area contributed by atoms with Crippen LogP contribution in [0, 0.1) is 27.7 Å². The molecule has 0 heterocycles. The van der Waals surface area contributed by atoms with Crippen LogP contribution in [0.5, 0.6) is 5.75 Å². The van der Waals surface area contributed by atoms with Crippen LogP contribution in [-0.4, -0.2) is 6.61 Å². The molecule has 2 nitrogen and oxygen atoms in total. The van der Waals surface area contributed by atoms with E-state index in [0.29, 0.717) is 6.61 Å². The molecule has 0 radical (unpaired) electrons. The van der Waals surface area contributed by atoms with E-state index >= 15 is 0 Å². The SMILES string of the molecule is Cc1cc(C)cc(OCC(N)c2ccc(C)cc2C)c1. The normalized spacial score (nSPS) is 12.2. The molecule has 0 aromatic heterocycles. The fraction of sp³-hybridized carbons (Fsp3) is 0.333. The highest BCUT2D eigenvalue weighted by Crippen LogP contribution is 2.20. The zero-order chi connectivity index (χ0) is 14.7. The molecule has 20 heavy (non-hydrogen) atoms. The van der Waals surface area contributed by atoms with Gasteiger partial charge in [0.05, 0.1) is 6.04 Å². The van der Waals surface area contributed by atoms with E-state index in [-0.39, 0.29) is 6.04 Å². The molecule has 0 aliphatic rings. The van der Waals surface area contributed by atoms with Crippen molar-refractivity contribution < 1.29 is 4.74 Å². The maximum absolute atomic E-state index is 6.24. The summed E-state index contributed by atoms with van der Waals surface area (Å²) in [7, 11) is 0. The van der Waals surface area contributed by atoms with Gasteiger partial charge in [-0.05, 0) is 62.1 Å². The van der Waals surface area contributed by atoms with E-state index in [1.807, 2.05) is 12.1 Å². The van der Waals surface area contributed by atoms with Crippen molar-refractivity contribution >= 4 is 0 Å². The average molecular weight is 269 g/mol. The van der Waals surface area contributed by atoms with Crippen LogP contribution in [0.15, 0.2) is 36.4 Å². The maximum atomic E-state index is 6.24. The Labute approximate surface area is 121 Å². The maximum Gasteiger partial charge on any atom is 0.119 e. The van der Waals surface area contributed by atoms with Crippen molar-refractivity contribution in [3.63, 3.8) is 0 Å². The summed E-state index contributed by atoms with van der Waals surface area (Å²) in [6.07, 6.45) is 0. The van der Waals surface area contributed by atoms with Crippen LogP contribution in [0.1, 0.15) is 33.9 Å². The topological polar surface area (TPSA) is 35.2 Å². The molecule has 0 amide bonds. The Morgan fingerprint density at radius 1 is 0.900 bits per heavy atom. The van der Waals surface area contributed by atoms with E-state index in [0.717, 1.165) is 11.3 Å². The molecule has 0 bridgehead atoms. The monoisotopic (exact) mass is 269 g/mol. The van der Waals surface area contributed by atoms with Gasteiger partial charge in [0.2, 0.25) is 0 Å². The molecule has 106 valence electrons. The van der Waals surface area contributed by atoms with Crippen LogP contribution in [0.3, 0.4) is 0 Å². The Bertz CT molecular complexity index is 584. The van der Waals surface area contributed by atoms with Crippen molar-refractivity contribution in [2.24, 2.45) is 5.73 Å². The van der Waals surface area contributed by atoms with Crippen LogP contribution < -0.4 is 10.5 Å². The second-order valence-electron chi connectivity index (χ2n) is 5.60. The number of nitrogens with two attached hydrogens (primary N) is 1. The van der Waals surface area contributed by atoms with Crippen LogP contribution in [-0.2, 0) is 0 Å². The molecule has 0 saturated carbocycles. The van der Waals surface area contributed by atoms with Crippen molar-refractivity contribution in [3.05, 3.63) is 64.2 Å². The Morgan fingerprint density at radius 2 is 1.55 bits per heavy atom. The summed E-state index contributed by atoms with van der Waals surface area (Å²) in [5.74, 6) is 0.891. The molecule has 0 spiro atoms. The van der Waals surface area contributed by atoms with E-state index in [2.05, 4.69) is 52.0 Å². The minimum absolute atomic E-state index is 0.101. The molecule has 0 aliphatic heterocycles. The third-order valence-electron chi connectivity index (χ3n) is 3.45. The number of hydrogen-bond donors (Lipinski definition) is 1. The first kappa shape index (κ1) is 14.6. The van der Waals surface area contributed by atoms with Crippen LogP contribution in [0.2, 0.25) is 0 Å². The minimum Gasteiger partial charge on any atom is -0.492 e. The van der Waals surface area contributed by atoms with Gasteiger partial charge in [-0.15, -0.1) is 0 Å². The van der Waals surface area contributed by atoms with Crippen LogP contribution in [0.25, 0.3) is 0 Å². The van der Waals surface area contributed by atoms with Gasteiger partial charge < -0.3 is 10.5 Å². The van der Waals surface area contributed by atoms with Gasteiger partial charge in [0.15, 0.2) is 0 Å². The van der Waals surface area contributed by atoms with Crippen molar-refractivity contribution in [1.82, 2.24) is 0 Å². The highest BCUT2D eigenvalue weighted by Gasteiger charge is 2.10. The first-order chi connectivity index (χ1) is 9.45. The van der Waals surface area contributed by atoms with Gasteiger partial charge in [0.1, 0.15) is 12.4 Å². The lowest BCUT2D eigenvalue weighted by Crippen LogP contribution is -2.20. The fourth-order valence-corrected chi connectivity index (χ4v) is 2.53. The Morgan fingerprint density at radius 3 is 2.15 bits per heavy atom. The predicted molar refractivity (Wildman–Crippen MR) is 84.3 cm³/mol. The molecular formula is C18H23NO. The summed E-state index contributed by atoms with van der Waals surface area (Å²) in [5.41, 5.74) is 12.3. The molecule has 0 aliphatic carbocycles. The summed E-state index contributed by atoms with van der Waals surface area (Å²) in [6.45, 7) is 8.83. The first-order valence-electron chi connectivity index (χ1n) is 6.99. The lowest BCUT2D eigenvalue weighted by Gasteiger charge is -2.17. The third-order valence-corrected chi connectivity index (χ3v) is 3.45. The molecule has 1 atom stereocenters. The van der Waals surface area contributed by atoms with Crippen molar-refractivity contribution in [2.45, 2.75) is 33.7 Å². The number of rotatable bonds is 4. The summed E-state index contributed by atoms with van der Waals surface area (Å²) in [4.78, 5) is 0. The summed E-state index contributed by atoms with van der Waals surface area (Å²) in [6, 6.07) is 12.5. The molecule has 2 heteroatoms. The van der Waals surface area contributed by atoms with Crippen molar-refractivity contribution in [1.29, 1.82) is 0 Å². The largest absolute Gasteiger partial charge is 0.492 e. The van der Waals surface area contributed by atoms with E-state index < -0.39 is 0 Å². The van der Waals surface area contributed by atoms with Gasteiger partial charge in [-0.1, -0.05) is 29.8 Å². The minimum atomic E-state index is -0.101. The zero-order valence-electron chi connectivity index (χ0n) is 12.7. The lowest BCUT2D eigenvalue weighted by molar-refractivity contribution is 0.290. The molecule has 1 unspecified atom stereocenters. The van der Waals surface area contributed by atoms with Gasteiger partial charge in [-0.25, -0.2) is 0 Å². The number of ether oxygens (including phenoxy) is 1. The molecule has 2 aromatic rings. The smallest absolute Gasteiger partial charge is 0.119 e. The third kappa shape index (κ3) is 3.61. The standard InChI is InChI=1S/C18H23NO/c1-12-5-6-17(15(4)8-12)18(19)11-20-16-9-13(2)7-14(3)10-16/h5-10,18H,11,19H2,1-4H3. The molecule has 2 aromatic carbocycles. The predicted octanol–water partition coefficient (Wildman–Crippen LogP) is 4.00. The molecule has 0 fully saturated rings. The van der Waals surface area contributed by atoms with E-state index in [9.17, 15) is 0 Å².